The smallest absolute Gasteiger partial charge is 0.0652 e. The van der Waals surface area contributed by atoms with Gasteiger partial charge in [0.05, 0.1) is 24.5 Å². The van der Waals surface area contributed by atoms with Crippen molar-refractivity contribution in [1.29, 1.82) is 0 Å². The van der Waals surface area contributed by atoms with Gasteiger partial charge in [-0.3, -0.25) is 0 Å². The topological polar surface area (TPSA) is 0 Å². The van der Waals surface area contributed by atoms with Crippen molar-refractivity contribution >= 4 is 21.5 Å². The highest BCUT2D eigenvalue weighted by molar-refractivity contribution is 9.42. The molecule has 0 aliphatic heterocycles. The second-order valence-electron chi connectivity index (χ2n) is 3.55. The molecule has 0 N–H and O–H groups in total. The van der Waals surface area contributed by atoms with Gasteiger partial charge >= 0.3 is 0 Å². The molecule has 0 rings (SSSR count). The number of halogens is 1. The van der Waals surface area contributed by atoms with Gasteiger partial charge in [-0.1, -0.05) is 27.2 Å². The first-order valence-corrected chi connectivity index (χ1v) is 9.60. The van der Waals surface area contributed by atoms with E-state index in [2.05, 4.69) is 36.3 Å². The third kappa shape index (κ3) is 5.54. The van der Waals surface area contributed by atoms with Crippen molar-refractivity contribution in [1.82, 2.24) is 0 Å². The Balaban J connectivity index is 3.80. The number of hydrogen-bond donors (Lipinski definition) is 0. The first-order chi connectivity index (χ1) is 5.68. The summed E-state index contributed by atoms with van der Waals surface area (Å²) in [6.07, 6.45) is 9.82. The molecule has 0 heterocycles. The van der Waals surface area contributed by atoms with Crippen molar-refractivity contribution in [2.24, 2.45) is 0 Å². The van der Waals surface area contributed by atoms with E-state index in [1.165, 1.54) is 44.2 Å². The largest absolute Gasteiger partial charge is 0.138 e. The average Bonchev–Trinajstić information content (AvgIpc) is 2.02. The van der Waals surface area contributed by atoms with Gasteiger partial charge in [-0.2, -0.15) is 0 Å². The van der Waals surface area contributed by atoms with Gasteiger partial charge in [0, 0.05) is 0 Å². The fourth-order valence-corrected chi connectivity index (χ4v) is 7.62. The summed E-state index contributed by atoms with van der Waals surface area (Å²) in [5, 5.41) is 0. The second kappa shape index (κ2) is 7.33. The third-order valence-corrected chi connectivity index (χ3v) is 8.97. The van der Waals surface area contributed by atoms with Crippen molar-refractivity contribution < 1.29 is 0 Å². The van der Waals surface area contributed by atoms with Crippen LogP contribution in [-0.2, 0) is 0 Å². The standard InChI is InChI=1S/C10H23BrP/c1-4-7-10-12(11,8-5-2)9-6-3/h4-10H2,1-3H3/q+1. The summed E-state index contributed by atoms with van der Waals surface area (Å²) in [5.74, 6) is -0.673. The van der Waals surface area contributed by atoms with Gasteiger partial charge in [0.2, 0.25) is 0 Å². The van der Waals surface area contributed by atoms with E-state index < -0.39 is 5.96 Å². The molecule has 0 bridgehead atoms. The molecule has 0 aliphatic rings. The van der Waals surface area contributed by atoms with E-state index in [-0.39, 0.29) is 0 Å². The zero-order chi connectivity index (χ0) is 9.45. The van der Waals surface area contributed by atoms with Gasteiger partial charge in [0.25, 0.3) is 0 Å². The number of unbranched alkanes of at least 4 members (excludes halogenated alkanes) is 1. The predicted molar refractivity (Wildman–Crippen MR) is 65.9 cm³/mol. The summed E-state index contributed by atoms with van der Waals surface area (Å²) in [5.41, 5.74) is 0. The van der Waals surface area contributed by atoms with Crippen LogP contribution in [0.15, 0.2) is 0 Å². The Hall–Kier alpha value is 0.910. The van der Waals surface area contributed by atoms with Crippen LogP contribution in [0.4, 0.5) is 0 Å². The van der Waals surface area contributed by atoms with E-state index in [9.17, 15) is 0 Å². The predicted octanol–water partition coefficient (Wildman–Crippen LogP) is 4.93. The van der Waals surface area contributed by atoms with Crippen LogP contribution < -0.4 is 0 Å². The van der Waals surface area contributed by atoms with Crippen molar-refractivity contribution in [2.45, 2.75) is 46.5 Å². The molecule has 0 amide bonds. The molecular formula is C10H23BrP+. The molecule has 2 heteroatoms. The lowest BCUT2D eigenvalue weighted by Crippen LogP contribution is -2.00. The van der Waals surface area contributed by atoms with Crippen LogP contribution in [0.5, 0.6) is 0 Å². The Kier molecular flexibility index (Phi) is 7.88. The molecule has 74 valence electrons. The first-order valence-electron chi connectivity index (χ1n) is 5.24. The summed E-state index contributed by atoms with van der Waals surface area (Å²) >= 11 is 4.02. The van der Waals surface area contributed by atoms with Gasteiger partial charge in [0.15, 0.2) is 0 Å². The lowest BCUT2D eigenvalue weighted by atomic mass is 10.4. The van der Waals surface area contributed by atoms with Crippen molar-refractivity contribution in [3.8, 4) is 0 Å². The Bertz CT molecular complexity index is 98.0. The van der Waals surface area contributed by atoms with Crippen LogP contribution in [0.1, 0.15) is 46.5 Å². The van der Waals surface area contributed by atoms with Gasteiger partial charge in [-0.15, -0.1) is 0 Å². The molecule has 0 nitrogen and oxygen atoms in total. The first kappa shape index (κ1) is 12.9. The molecular weight excluding hydrogens is 231 g/mol. The number of hydrogen-bond acceptors (Lipinski definition) is 0. The minimum atomic E-state index is -0.673. The SMILES string of the molecule is CCCC[P+](Br)(CCC)CCC. The van der Waals surface area contributed by atoms with Crippen LogP contribution in [-0.4, -0.2) is 18.5 Å². The fraction of sp³-hybridized carbons (Fsp3) is 1.00. The fourth-order valence-electron chi connectivity index (χ4n) is 1.58. The minimum Gasteiger partial charge on any atom is -0.0652 e. The highest BCUT2D eigenvalue weighted by Gasteiger charge is 2.31. The maximum absolute atomic E-state index is 4.02. The van der Waals surface area contributed by atoms with E-state index in [0.717, 1.165) is 0 Å². The monoisotopic (exact) mass is 253 g/mol. The van der Waals surface area contributed by atoms with Gasteiger partial charge < -0.3 is 0 Å². The molecule has 0 aromatic rings. The highest BCUT2D eigenvalue weighted by atomic mass is 79.9. The summed E-state index contributed by atoms with van der Waals surface area (Å²) < 4.78 is 0. The summed E-state index contributed by atoms with van der Waals surface area (Å²) in [7, 11) is 0. The molecule has 0 aliphatic carbocycles. The van der Waals surface area contributed by atoms with Crippen LogP contribution in [0, 0.1) is 0 Å². The van der Waals surface area contributed by atoms with E-state index >= 15 is 0 Å². The Morgan fingerprint density at radius 1 is 0.833 bits per heavy atom. The molecule has 0 aromatic heterocycles. The molecule has 0 saturated carbocycles. The van der Waals surface area contributed by atoms with Crippen LogP contribution in [0.25, 0.3) is 0 Å². The van der Waals surface area contributed by atoms with Crippen molar-refractivity contribution in [3.63, 3.8) is 0 Å². The molecule has 0 aromatic carbocycles. The third-order valence-electron chi connectivity index (χ3n) is 2.16. The average molecular weight is 254 g/mol. The zero-order valence-electron chi connectivity index (χ0n) is 8.77. The summed E-state index contributed by atoms with van der Waals surface area (Å²) in [6, 6.07) is 0. The Morgan fingerprint density at radius 3 is 1.67 bits per heavy atom. The second-order valence-corrected chi connectivity index (χ2v) is 11.5. The van der Waals surface area contributed by atoms with E-state index in [1.54, 1.807) is 0 Å². The van der Waals surface area contributed by atoms with Gasteiger partial charge in [-0.25, -0.2) is 0 Å². The lowest BCUT2D eigenvalue weighted by Gasteiger charge is -2.18. The zero-order valence-corrected chi connectivity index (χ0v) is 11.3. The minimum absolute atomic E-state index is 0.673. The van der Waals surface area contributed by atoms with Crippen LogP contribution in [0.2, 0.25) is 0 Å². The highest BCUT2D eigenvalue weighted by Crippen LogP contribution is 2.67. The molecule has 0 unspecified atom stereocenters. The van der Waals surface area contributed by atoms with Crippen molar-refractivity contribution in [3.05, 3.63) is 0 Å². The maximum Gasteiger partial charge on any atom is 0.138 e. The summed E-state index contributed by atoms with van der Waals surface area (Å²) in [6.45, 7) is 6.89. The maximum atomic E-state index is 4.02. The van der Waals surface area contributed by atoms with Crippen LogP contribution in [0.3, 0.4) is 0 Å². The van der Waals surface area contributed by atoms with Crippen molar-refractivity contribution in [2.75, 3.05) is 18.5 Å². The van der Waals surface area contributed by atoms with E-state index in [0.29, 0.717) is 0 Å². The molecule has 0 fully saturated rings. The Labute approximate surface area is 86.6 Å². The van der Waals surface area contributed by atoms with Crippen LogP contribution >= 0.6 is 21.5 Å². The normalized spacial score (nSPS) is 12.0. The molecule has 0 atom stereocenters. The molecule has 0 saturated heterocycles. The molecule has 0 radical (unpaired) electrons. The van der Waals surface area contributed by atoms with Gasteiger partial charge in [0.1, 0.15) is 15.5 Å². The summed E-state index contributed by atoms with van der Waals surface area (Å²) in [4.78, 5) is 0. The quantitative estimate of drug-likeness (QED) is 0.565. The van der Waals surface area contributed by atoms with Gasteiger partial charge in [-0.05, 0) is 19.3 Å². The lowest BCUT2D eigenvalue weighted by molar-refractivity contribution is 0.882. The van der Waals surface area contributed by atoms with E-state index in [4.69, 9.17) is 0 Å². The number of rotatable bonds is 7. The molecule has 0 spiro atoms. The Morgan fingerprint density at radius 2 is 1.33 bits per heavy atom. The van der Waals surface area contributed by atoms with E-state index in [1.807, 2.05) is 0 Å². The molecule has 12 heavy (non-hydrogen) atoms.